The normalized spacial score (nSPS) is 20.1. The van der Waals surface area contributed by atoms with E-state index in [9.17, 15) is 14.0 Å². The lowest BCUT2D eigenvalue weighted by Crippen LogP contribution is -2.39. The monoisotopic (exact) mass is 296 g/mol. The maximum Gasteiger partial charge on any atom is 0.336 e. The molecule has 2 aromatic rings. The largest absolute Gasteiger partial charge is 0.336 e. The van der Waals surface area contributed by atoms with Gasteiger partial charge in [-0.1, -0.05) is 18.2 Å². The van der Waals surface area contributed by atoms with Gasteiger partial charge in [0, 0.05) is 5.69 Å². The maximum absolute atomic E-state index is 13.1. The summed E-state index contributed by atoms with van der Waals surface area (Å²) < 4.78 is 13.1. The molecular formula is C17H13FN2O2. The summed E-state index contributed by atoms with van der Waals surface area (Å²) >= 11 is 0. The average Bonchev–Trinajstić information content (AvgIpc) is 2.80. The minimum absolute atomic E-state index is 0.244. The molecule has 5 heteroatoms. The fourth-order valence-corrected chi connectivity index (χ4v) is 3.20. The van der Waals surface area contributed by atoms with Gasteiger partial charge in [-0.05, 0) is 48.7 Å². The number of hydrogen-bond donors (Lipinski definition) is 0. The Labute approximate surface area is 126 Å². The molecule has 4 nitrogen and oxygen atoms in total. The highest BCUT2D eigenvalue weighted by Gasteiger charge is 2.48. The Morgan fingerprint density at radius 3 is 2.50 bits per heavy atom. The van der Waals surface area contributed by atoms with Crippen LogP contribution in [0.3, 0.4) is 0 Å². The number of imide groups is 1. The lowest BCUT2D eigenvalue weighted by atomic mass is 9.97. The molecule has 1 fully saturated rings. The van der Waals surface area contributed by atoms with E-state index in [-0.39, 0.29) is 11.9 Å². The second kappa shape index (κ2) is 4.66. The van der Waals surface area contributed by atoms with E-state index in [1.54, 1.807) is 4.90 Å². The highest BCUT2D eigenvalue weighted by Crippen LogP contribution is 2.37. The second-order valence-electron chi connectivity index (χ2n) is 5.49. The van der Waals surface area contributed by atoms with Crippen LogP contribution >= 0.6 is 0 Å². The number of aryl methyl sites for hydroxylation is 1. The van der Waals surface area contributed by atoms with Crippen LogP contribution in [0.5, 0.6) is 0 Å². The van der Waals surface area contributed by atoms with Crippen molar-refractivity contribution in [2.24, 2.45) is 0 Å². The third kappa shape index (κ3) is 1.75. The third-order valence-electron chi connectivity index (χ3n) is 4.24. The highest BCUT2D eigenvalue weighted by molar-refractivity contribution is 6.28. The number of amides is 3. The number of anilines is 2. The number of carbonyl (C=O) groups excluding carboxylic acids is 2. The Balaban J connectivity index is 1.78. The fourth-order valence-electron chi connectivity index (χ4n) is 3.20. The predicted molar refractivity (Wildman–Crippen MR) is 80.3 cm³/mol. The van der Waals surface area contributed by atoms with Crippen molar-refractivity contribution in [3.05, 3.63) is 59.9 Å². The summed E-state index contributed by atoms with van der Waals surface area (Å²) in [5.74, 6) is -0.642. The molecule has 0 N–H and O–H groups in total. The van der Waals surface area contributed by atoms with Crippen molar-refractivity contribution in [3.8, 4) is 0 Å². The van der Waals surface area contributed by atoms with E-state index < -0.39 is 11.9 Å². The Hall–Kier alpha value is -2.69. The summed E-state index contributed by atoms with van der Waals surface area (Å²) in [5.41, 5.74) is 2.27. The zero-order valence-electron chi connectivity index (χ0n) is 11.7. The van der Waals surface area contributed by atoms with Gasteiger partial charge in [-0.25, -0.2) is 14.1 Å². The van der Waals surface area contributed by atoms with Crippen molar-refractivity contribution >= 4 is 23.3 Å². The van der Waals surface area contributed by atoms with E-state index in [4.69, 9.17) is 0 Å². The Kier molecular flexibility index (Phi) is 2.76. The topological polar surface area (TPSA) is 40.6 Å². The molecule has 0 aromatic heterocycles. The molecule has 0 bridgehead atoms. The van der Waals surface area contributed by atoms with Crippen LogP contribution in [-0.4, -0.2) is 18.0 Å². The third-order valence-corrected chi connectivity index (χ3v) is 4.24. The molecule has 2 heterocycles. The highest BCUT2D eigenvalue weighted by atomic mass is 19.1. The number of rotatable bonds is 1. The van der Waals surface area contributed by atoms with Gasteiger partial charge in [0.2, 0.25) is 0 Å². The minimum atomic E-state index is -0.465. The zero-order chi connectivity index (χ0) is 15.3. The smallest absolute Gasteiger partial charge is 0.281 e. The summed E-state index contributed by atoms with van der Waals surface area (Å²) in [6, 6.07) is 12.2. The van der Waals surface area contributed by atoms with Gasteiger partial charge in [0.25, 0.3) is 5.91 Å². The van der Waals surface area contributed by atoms with Crippen LogP contribution in [0.2, 0.25) is 0 Å². The molecule has 1 atom stereocenters. The van der Waals surface area contributed by atoms with Crippen molar-refractivity contribution in [2.75, 3.05) is 9.80 Å². The van der Waals surface area contributed by atoms with Crippen LogP contribution in [-0.2, 0) is 11.2 Å². The predicted octanol–water partition coefficient (Wildman–Crippen LogP) is 3.11. The molecule has 0 unspecified atom stereocenters. The zero-order valence-corrected chi connectivity index (χ0v) is 11.7. The van der Waals surface area contributed by atoms with Crippen LogP contribution in [0.25, 0.3) is 0 Å². The van der Waals surface area contributed by atoms with Crippen molar-refractivity contribution in [1.82, 2.24) is 0 Å². The van der Waals surface area contributed by atoms with Gasteiger partial charge in [-0.3, -0.25) is 9.69 Å². The lowest BCUT2D eigenvalue weighted by molar-refractivity contribution is -0.118. The molecule has 22 heavy (non-hydrogen) atoms. The summed E-state index contributed by atoms with van der Waals surface area (Å²) in [5, 5.41) is 0. The second-order valence-corrected chi connectivity index (χ2v) is 5.49. The number of hydrogen-bond acceptors (Lipinski definition) is 2. The molecule has 1 saturated heterocycles. The van der Waals surface area contributed by atoms with Gasteiger partial charge >= 0.3 is 6.03 Å². The standard InChI is InChI=1S/C17H13FN2O2/c18-12-6-8-13(9-7-12)19-16(21)15-10-5-11-3-1-2-4-14(11)20(15)17(19)22/h1-4,6-9,15H,5,10H2/t15-/m1/s1. The molecule has 0 radical (unpaired) electrons. The van der Waals surface area contributed by atoms with Crippen molar-refractivity contribution in [1.29, 1.82) is 0 Å². The first-order chi connectivity index (χ1) is 10.7. The molecule has 110 valence electrons. The van der Waals surface area contributed by atoms with E-state index in [1.165, 1.54) is 24.3 Å². The number of nitrogens with zero attached hydrogens (tertiary/aromatic N) is 2. The van der Waals surface area contributed by atoms with Crippen LogP contribution in [0.1, 0.15) is 12.0 Å². The molecule has 4 rings (SSSR count). The SMILES string of the molecule is O=C1[C@H]2CCc3ccccc3N2C(=O)N1c1ccc(F)cc1. The first-order valence-electron chi connectivity index (χ1n) is 7.17. The quantitative estimate of drug-likeness (QED) is 0.759. The summed E-state index contributed by atoms with van der Waals surface area (Å²) in [7, 11) is 0. The molecule has 3 amide bonds. The van der Waals surface area contributed by atoms with E-state index in [0.29, 0.717) is 12.1 Å². The van der Waals surface area contributed by atoms with Gasteiger partial charge in [-0.2, -0.15) is 0 Å². The molecular weight excluding hydrogens is 283 g/mol. The van der Waals surface area contributed by atoms with E-state index in [0.717, 1.165) is 22.6 Å². The number of para-hydroxylation sites is 1. The molecule has 2 aromatic carbocycles. The minimum Gasteiger partial charge on any atom is -0.281 e. The van der Waals surface area contributed by atoms with Crippen LogP contribution in [0.15, 0.2) is 48.5 Å². The van der Waals surface area contributed by atoms with Crippen molar-refractivity contribution < 1.29 is 14.0 Å². The molecule has 0 aliphatic carbocycles. The molecule has 2 aliphatic rings. The van der Waals surface area contributed by atoms with E-state index in [1.807, 2.05) is 24.3 Å². The van der Waals surface area contributed by atoms with E-state index >= 15 is 0 Å². The molecule has 0 saturated carbocycles. The number of urea groups is 1. The number of benzene rings is 2. The fraction of sp³-hybridized carbons (Fsp3) is 0.176. The van der Waals surface area contributed by atoms with Crippen LogP contribution < -0.4 is 9.80 Å². The first kappa shape index (κ1) is 13.0. The first-order valence-corrected chi connectivity index (χ1v) is 7.17. The van der Waals surface area contributed by atoms with Crippen molar-refractivity contribution in [3.63, 3.8) is 0 Å². The number of fused-ring (bicyclic) bond motifs is 3. The van der Waals surface area contributed by atoms with E-state index in [2.05, 4.69) is 0 Å². The summed E-state index contributed by atoms with van der Waals surface area (Å²) in [6.07, 6.45) is 1.38. The van der Waals surface area contributed by atoms with Gasteiger partial charge in [0.1, 0.15) is 11.9 Å². The summed E-state index contributed by atoms with van der Waals surface area (Å²) in [6.45, 7) is 0. The van der Waals surface area contributed by atoms with Gasteiger partial charge < -0.3 is 0 Å². The Morgan fingerprint density at radius 1 is 1.00 bits per heavy atom. The maximum atomic E-state index is 13.1. The lowest BCUT2D eigenvalue weighted by Gasteiger charge is -2.29. The Bertz CT molecular complexity index is 772. The number of halogens is 1. The van der Waals surface area contributed by atoms with Crippen LogP contribution in [0.4, 0.5) is 20.6 Å². The summed E-state index contributed by atoms with van der Waals surface area (Å²) in [4.78, 5) is 28.1. The van der Waals surface area contributed by atoms with Crippen LogP contribution in [0, 0.1) is 5.82 Å². The van der Waals surface area contributed by atoms with Gasteiger partial charge in [0.15, 0.2) is 0 Å². The Morgan fingerprint density at radius 2 is 1.73 bits per heavy atom. The van der Waals surface area contributed by atoms with Gasteiger partial charge in [-0.15, -0.1) is 0 Å². The van der Waals surface area contributed by atoms with Gasteiger partial charge in [0.05, 0.1) is 5.69 Å². The number of carbonyl (C=O) groups is 2. The average molecular weight is 296 g/mol. The molecule has 2 aliphatic heterocycles. The molecule has 0 spiro atoms. The van der Waals surface area contributed by atoms with Crippen molar-refractivity contribution in [2.45, 2.75) is 18.9 Å².